The number of halogens is 1. The lowest BCUT2D eigenvalue weighted by Crippen LogP contribution is -2.51. The number of piperazine rings is 1. The maximum Gasteiger partial charge on any atom is 0.242 e. The van der Waals surface area contributed by atoms with E-state index in [2.05, 4.69) is 16.0 Å². The maximum atomic E-state index is 12.5. The molecule has 8 heteroatoms. The number of benzene rings is 1. The summed E-state index contributed by atoms with van der Waals surface area (Å²) in [6, 6.07) is 7.28. The van der Waals surface area contributed by atoms with Crippen molar-refractivity contribution >= 4 is 29.3 Å². The highest BCUT2D eigenvalue weighted by Gasteiger charge is 2.27. The van der Waals surface area contributed by atoms with E-state index < -0.39 is 5.91 Å². The highest BCUT2D eigenvalue weighted by atomic mass is 35.5. The summed E-state index contributed by atoms with van der Waals surface area (Å²) in [5.41, 5.74) is 0.952. The van der Waals surface area contributed by atoms with Crippen LogP contribution in [0.4, 0.5) is 0 Å². The maximum absolute atomic E-state index is 12.5. The fourth-order valence-corrected chi connectivity index (χ4v) is 2.76. The molecule has 1 aromatic rings. The van der Waals surface area contributed by atoms with E-state index in [0.717, 1.165) is 5.56 Å². The molecule has 1 unspecified atom stereocenters. The normalized spacial score (nSPS) is 17.2. The largest absolute Gasteiger partial charge is 0.347 e. The second kappa shape index (κ2) is 8.65. The molecule has 1 aliphatic rings. The van der Waals surface area contributed by atoms with Crippen LogP contribution >= 0.6 is 11.6 Å². The first-order valence-corrected chi connectivity index (χ1v) is 8.12. The van der Waals surface area contributed by atoms with E-state index in [1.807, 2.05) is 18.2 Å². The minimum atomic E-state index is -0.395. The molecule has 1 aliphatic heterocycles. The third-order valence-corrected chi connectivity index (χ3v) is 3.97. The Bertz CT molecular complexity index is 623. The summed E-state index contributed by atoms with van der Waals surface area (Å²) in [6.07, 6.45) is 0. The molecule has 0 saturated carbocycles. The molecule has 7 nitrogen and oxygen atoms in total. The van der Waals surface area contributed by atoms with E-state index in [1.165, 1.54) is 6.92 Å². The van der Waals surface area contributed by atoms with Gasteiger partial charge in [0.25, 0.3) is 0 Å². The molecule has 130 valence electrons. The zero-order chi connectivity index (χ0) is 17.5. The average Bonchev–Trinajstić information content (AvgIpc) is 2.57. The van der Waals surface area contributed by atoms with Gasteiger partial charge in [-0.2, -0.15) is 0 Å². The zero-order valence-electron chi connectivity index (χ0n) is 13.5. The highest BCUT2D eigenvalue weighted by molar-refractivity contribution is 6.30. The lowest BCUT2D eigenvalue weighted by Gasteiger charge is -2.36. The van der Waals surface area contributed by atoms with Gasteiger partial charge in [0.15, 0.2) is 0 Å². The number of nitrogens with zero attached hydrogens (tertiary/aromatic N) is 1. The van der Waals surface area contributed by atoms with Gasteiger partial charge in [0.1, 0.15) is 0 Å². The lowest BCUT2D eigenvalue weighted by molar-refractivity contribution is -0.135. The molecule has 3 N–H and O–H groups in total. The molecule has 24 heavy (non-hydrogen) atoms. The van der Waals surface area contributed by atoms with Crippen LogP contribution in [0, 0.1) is 0 Å². The van der Waals surface area contributed by atoms with Crippen molar-refractivity contribution in [2.45, 2.75) is 13.0 Å². The number of rotatable bonds is 5. The van der Waals surface area contributed by atoms with Crippen molar-refractivity contribution in [3.05, 3.63) is 34.9 Å². The monoisotopic (exact) mass is 352 g/mol. The van der Waals surface area contributed by atoms with Crippen LogP contribution in [0.5, 0.6) is 0 Å². The molecule has 1 atom stereocenters. The van der Waals surface area contributed by atoms with Gasteiger partial charge in [-0.05, 0) is 17.7 Å². The van der Waals surface area contributed by atoms with Gasteiger partial charge in [-0.15, -0.1) is 0 Å². The summed E-state index contributed by atoms with van der Waals surface area (Å²) < 4.78 is 0. The van der Waals surface area contributed by atoms with Crippen LogP contribution in [0.3, 0.4) is 0 Å². The lowest BCUT2D eigenvalue weighted by atomic mass is 10.0. The fraction of sp³-hybridized carbons (Fsp3) is 0.438. The molecule has 0 radical (unpaired) electrons. The van der Waals surface area contributed by atoms with Crippen LogP contribution in [0.2, 0.25) is 5.02 Å². The second-order valence-corrected chi connectivity index (χ2v) is 5.98. The molecule has 0 aromatic heterocycles. The van der Waals surface area contributed by atoms with E-state index in [9.17, 15) is 14.4 Å². The summed E-state index contributed by atoms with van der Waals surface area (Å²) in [4.78, 5) is 36.6. The first-order valence-electron chi connectivity index (χ1n) is 7.74. The Morgan fingerprint density at radius 2 is 2.08 bits per heavy atom. The summed E-state index contributed by atoms with van der Waals surface area (Å²) in [7, 11) is 0. The summed E-state index contributed by atoms with van der Waals surface area (Å²) in [5, 5.41) is 8.80. The van der Waals surface area contributed by atoms with Crippen molar-refractivity contribution in [1.82, 2.24) is 20.9 Å². The first-order chi connectivity index (χ1) is 11.5. The molecule has 1 aromatic carbocycles. The number of carbonyl (C=O) groups excluding carboxylic acids is 3. The SMILES string of the molecule is CC(=O)NCC(=O)NCC(=O)N1CCNCC1c1cccc(Cl)c1. The molecule has 2 rings (SSSR count). The number of amides is 3. The molecule has 1 fully saturated rings. The number of carbonyl (C=O) groups is 3. The van der Waals surface area contributed by atoms with Crippen LogP contribution in [0.25, 0.3) is 0 Å². The summed E-state index contributed by atoms with van der Waals surface area (Å²) >= 11 is 6.04. The van der Waals surface area contributed by atoms with Gasteiger partial charge in [-0.3, -0.25) is 14.4 Å². The fourth-order valence-electron chi connectivity index (χ4n) is 2.56. The van der Waals surface area contributed by atoms with Gasteiger partial charge in [0.2, 0.25) is 17.7 Å². The molecule has 0 aliphatic carbocycles. The van der Waals surface area contributed by atoms with Gasteiger partial charge in [-0.25, -0.2) is 0 Å². The van der Waals surface area contributed by atoms with Crippen LogP contribution in [-0.2, 0) is 14.4 Å². The second-order valence-electron chi connectivity index (χ2n) is 5.55. The van der Waals surface area contributed by atoms with E-state index in [1.54, 1.807) is 11.0 Å². The quantitative estimate of drug-likeness (QED) is 0.699. The number of hydrogen-bond donors (Lipinski definition) is 3. The van der Waals surface area contributed by atoms with E-state index >= 15 is 0 Å². The Labute approximate surface area is 145 Å². The molecule has 0 spiro atoms. The summed E-state index contributed by atoms with van der Waals surface area (Å²) in [6.45, 7) is 2.97. The Morgan fingerprint density at radius 1 is 1.29 bits per heavy atom. The van der Waals surface area contributed by atoms with Gasteiger partial charge in [0, 0.05) is 31.6 Å². The van der Waals surface area contributed by atoms with Gasteiger partial charge >= 0.3 is 0 Å². The van der Waals surface area contributed by atoms with E-state index in [4.69, 9.17) is 11.6 Å². The third kappa shape index (κ3) is 5.21. The van der Waals surface area contributed by atoms with Crippen molar-refractivity contribution in [2.75, 3.05) is 32.7 Å². The first kappa shape index (κ1) is 18.2. The van der Waals surface area contributed by atoms with E-state index in [-0.39, 0.29) is 30.9 Å². The third-order valence-electron chi connectivity index (χ3n) is 3.73. The molecule has 0 bridgehead atoms. The van der Waals surface area contributed by atoms with Crippen molar-refractivity contribution in [3.63, 3.8) is 0 Å². The minimum Gasteiger partial charge on any atom is -0.347 e. The van der Waals surface area contributed by atoms with Crippen molar-refractivity contribution in [2.24, 2.45) is 0 Å². The topological polar surface area (TPSA) is 90.5 Å². The Hall–Kier alpha value is -2.12. The van der Waals surface area contributed by atoms with E-state index in [0.29, 0.717) is 24.7 Å². The Morgan fingerprint density at radius 3 is 2.79 bits per heavy atom. The highest BCUT2D eigenvalue weighted by Crippen LogP contribution is 2.24. The standard InChI is InChI=1S/C16H21ClN4O3/c1-11(22)19-9-15(23)20-10-16(24)21-6-5-18-8-14(21)12-3-2-4-13(17)7-12/h2-4,7,14,18H,5-6,8-10H2,1H3,(H,19,22)(H,20,23). The molecule has 3 amide bonds. The minimum absolute atomic E-state index is 0.102. The van der Waals surface area contributed by atoms with Crippen molar-refractivity contribution in [1.29, 1.82) is 0 Å². The van der Waals surface area contributed by atoms with Crippen molar-refractivity contribution in [3.8, 4) is 0 Å². The van der Waals surface area contributed by atoms with Gasteiger partial charge in [0.05, 0.1) is 19.1 Å². The smallest absolute Gasteiger partial charge is 0.242 e. The van der Waals surface area contributed by atoms with Crippen LogP contribution in [0.15, 0.2) is 24.3 Å². The van der Waals surface area contributed by atoms with Gasteiger partial charge < -0.3 is 20.9 Å². The van der Waals surface area contributed by atoms with Crippen LogP contribution < -0.4 is 16.0 Å². The van der Waals surface area contributed by atoms with Gasteiger partial charge in [-0.1, -0.05) is 23.7 Å². The average molecular weight is 353 g/mol. The predicted molar refractivity (Wildman–Crippen MR) is 90.5 cm³/mol. The summed E-state index contributed by atoms with van der Waals surface area (Å²) in [5.74, 6) is -0.856. The molecule has 1 heterocycles. The van der Waals surface area contributed by atoms with Crippen LogP contribution in [0.1, 0.15) is 18.5 Å². The molecule has 1 saturated heterocycles. The Balaban J connectivity index is 1.95. The van der Waals surface area contributed by atoms with Crippen molar-refractivity contribution < 1.29 is 14.4 Å². The number of nitrogens with one attached hydrogen (secondary N) is 3. The predicted octanol–water partition coefficient (Wildman–Crippen LogP) is 0.0652. The van der Waals surface area contributed by atoms with Crippen LogP contribution in [-0.4, -0.2) is 55.3 Å². The number of hydrogen-bond acceptors (Lipinski definition) is 4. The zero-order valence-corrected chi connectivity index (χ0v) is 14.2. The Kier molecular flexibility index (Phi) is 6.57. The molecular weight excluding hydrogens is 332 g/mol. The molecular formula is C16H21ClN4O3.